The van der Waals surface area contributed by atoms with Crippen LogP contribution in [0.2, 0.25) is 0 Å². The average molecular weight is 307 g/mol. The third kappa shape index (κ3) is 5.08. The first kappa shape index (κ1) is 17.5. The van der Waals surface area contributed by atoms with E-state index in [1.807, 2.05) is 32.0 Å². The number of carbonyl (C=O) groups is 3. The highest BCUT2D eigenvalue weighted by molar-refractivity contribution is 5.96. The molecule has 0 saturated carbocycles. The fourth-order valence-electron chi connectivity index (χ4n) is 1.92. The Labute approximate surface area is 129 Å². The topological polar surface area (TPSA) is 102 Å². The van der Waals surface area contributed by atoms with Crippen molar-refractivity contribution in [2.24, 2.45) is 5.73 Å². The van der Waals surface area contributed by atoms with E-state index in [0.29, 0.717) is 0 Å². The van der Waals surface area contributed by atoms with Crippen LogP contribution in [0.1, 0.15) is 20.8 Å². The predicted octanol–water partition coefficient (Wildman–Crippen LogP) is 1.03. The van der Waals surface area contributed by atoms with E-state index in [1.165, 1.54) is 6.92 Å². The lowest BCUT2D eigenvalue weighted by Gasteiger charge is -2.26. The summed E-state index contributed by atoms with van der Waals surface area (Å²) in [5.41, 5.74) is 5.64. The number of hydrogen-bond donors (Lipinski definition) is 2. The van der Waals surface area contributed by atoms with Gasteiger partial charge >= 0.3 is 12.0 Å². The molecule has 0 spiro atoms. The van der Waals surface area contributed by atoms with Gasteiger partial charge in [0.15, 0.2) is 6.61 Å². The molecule has 120 valence electrons. The van der Waals surface area contributed by atoms with Crippen molar-refractivity contribution in [1.29, 1.82) is 0 Å². The van der Waals surface area contributed by atoms with Gasteiger partial charge in [-0.05, 0) is 32.9 Å². The molecule has 7 nitrogen and oxygen atoms in total. The van der Waals surface area contributed by atoms with Crippen LogP contribution in [0, 0.1) is 0 Å². The van der Waals surface area contributed by atoms with Crippen LogP contribution in [0.4, 0.5) is 10.5 Å². The first-order chi connectivity index (χ1) is 10.3. The Hall–Kier alpha value is -2.57. The monoisotopic (exact) mass is 307 g/mol. The van der Waals surface area contributed by atoms with Gasteiger partial charge in [-0.15, -0.1) is 0 Å². The Balaban J connectivity index is 2.66. The quantitative estimate of drug-likeness (QED) is 0.766. The second kappa shape index (κ2) is 8.02. The van der Waals surface area contributed by atoms with E-state index >= 15 is 0 Å². The number of para-hydroxylation sites is 1. The Morgan fingerprint density at radius 1 is 1.18 bits per heavy atom. The van der Waals surface area contributed by atoms with Gasteiger partial charge in [0.25, 0.3) is 5.91 Å². The maximum atomic E-state index is 12.3. The van der Waals surface area contributed by atoms with E-state index in [0.717, 1.165) is 5.69 Å². The number of nitrogens with two attached hydrogens (primary N) is 1. The highest BCUT2D eigenvalue weighted by atomic mass is 16.5. The molecule has 1 atom stereocenters. The number of benzene rings is 1. The van der Waals surface area contributed by atoms with Crippen molar-refractivity contribution in [2.45, 2.75) is 32.9 Å². The number of ether oxygens (including phenoxy) is 1. The molecule has 0 aliphatic heterocycles. The van der Waals surface area contributed by atoms with Gasteiger partial charge in [0.05, 0.1) is 0 Å². The number of anilines is 1. The number of carbonyl (C=O) groups excluding carboxylic acids is 3. The summed E-state index contributed by atoms with van der Waals surface area (Å²) in [6, 6.07) is 7.27. The minimum absolute atomic E-state index is 0.0882. The summed E-state index contributed by atoms with van der Waals surface area (Å²) in [5.74, 6) is -1.07. The summed E-state index contributed by atoms with van der Waals surface area (Å²) in [6.07, 6.45) is 0. The summed E-state index contributed by atoms with van der Waals surface area (Å²) >= 11 is 0. The van der Waals surface area contributed by atoms with Crippen molar-refractivity contribution in [3.63, 3.8) is 0 Å². The van der Waals surface area contributed by atoms with E-state index in [4.69, 9.17) is 10.5 Å². The molecular formula is C15H21N3O4. The fraction of sp³-hybridized carbons (Fsp3) is 0.400. The third-order valence-corrected chi connectivity index (χ3v) is 2.87. The van der Waals surface area contributed by atoms with E-state index in [1.54, 1.807) is 17.0 Å². The van der Waals surface area contributed by atoms with Crippen LogP contribution in [-0.4, -0.2) is 36.6 Å². The number of primary amides is 1. The van der Waals surface area contributed by atoms with Gasteiger partial charge in [0.1, 0.15) is 6.04 Å². The second-order valence-electron chi connectivity index (χ2n) is 5.03. The maximum absolute atomic E-state index is 12.3. The number of nitrogens with one attached hydrogen (secondary N) is 1. The van der Waals surface area contributed by atoms with Gasteiger partial charge < -0.3 is 20.7 Å². The highest BCUT2D eigenvalue weighted by Gasteiger charge is 2.22. The molecule has 0 unspecified atom stereocenters. The molecule has 0 aliphatic rings. The van der Waals surface area contributed by atoms with Gasteiger partial charge in [0, 0.05) is 11.7 Å². The van der Waals surface area contributed by atoms with Gasteiger partial charge in [-0.2, -0.15) is 0 Å². The molecule has 1 rings (SSSR count). The van der Waals surface area contributed by atoms with Crippen molar-refractivity contribution >= 4 is 23.6 Å². The first-order valence-electron chi connectivity index (χ1n) is 6.92. The van der Waals surface area contributed by atoms with Crippen LogP contribution in [0.15, 0.2) is 30.3 Å². The molecule has 0 heterocycles. The molecule has 3 amide bonds. The number of nitrogens with zero attached hydrogens (tertiary/aromatic N) is 1. The zero-order chi connectivity index (χ0) is 16.7. The highest BCUT2D eigenvalue weighted by Crippen LogP contribution is 2.16. The number of amides is 3. The van der Waals surface area contributed by atoms with Crippen molar-refractivity contribution in [3.05, 3.63) is 30.3 Å². The third-order valence-electron chi connectivity index (χ3n) is 2.87. The van der Waals surface area contributed by atoms with E-state index in [9.17, 15) is 14.4 Å². The Morgan fingerprint density at radius 2 is 1.77 bits per heavy atom. The van der Waals surface area contributed by atoms with Crippen molar-refractivity contribution in [1.82, 2.24) is 5.32 Å². The van der Waals surface area contributed by atoms with Crippen LogP contribution in [0.3, 0.4) is 0 Å². The second-order valence-corrected chi connectivity index (χ2v) is 5.03. The minimum atomic E-state index is -0.908. The Kier molecular flexibility index (Phi) is 6.37. The van der Waals surface area contributed by atoms with Crippen LogP contribution in [-0.2, 0) is 14.3 Å². The van der Waals surface area contributed by atoms with Crippen LogP contribution in [0.25, 0.3) is 0 Å². The summed E-state index contributed by atoms with van der Waals surface area (Å²) in [4.78, 5) is 36.1. The summed E-state index contributed by atoms with van der Waals surface area (Å²) < 4.78 is 4.92. The molecule has 0 aromatic heterocycles. The SMILES string of the molecule is CC(C)N(C(=O)COC(=O)[C@H](C)NC(N)=O)c1ccccc1. The molecule has 0 saturated heterocycles. The Bertz CT molecular complexity index is 531. The number of urea groups is 1. The summed E-state index contributed by atoms with van der Waals surface area (Å²) in [7, 11) is 0. The lowest BCUT2D eigenvalue weighted by Crippen LogP contribution is -2.44. The molecule has 3 N–H and O–H groups in total. The van der Waals surface area contributed by atoms with Gasteiger partial charge in [0.2, 0.25) is 0 Å². The van der Waals surface area contributed by atoms with Crippen LogP contribution >= 0.6 is 0 Å². The maximum Gasteiger partial charge on any atom is 0.328 e. The number of rotatable bonds is 6. The van der Waals surface area contributed by atoms with Gasteiger partial charge in [-0.1, -0.05) is 18.2 Å². The van der Waals surface area contributed by atoms with Crippen LogP contribution in [0.5, 0.6) is 0 Å². The van der Waals surface area contributed by atoms with Crippen LogP contribution < -0.4 is 16.0 Å². The van der Waals surface area contributed by atoms with Gasteiger partial charge in [-0.3, -0.25) is 4.79 Å². The molecule has 1 aromatic rings. The molecule has 1 aromatic carbocycles. The van der Waals surface area contributed by atoms with Crippen molar-refractivity contribution < 1.29 is 19.1 Å². The van der Waals surface area contributed by atoms with Gasteiger partial charge in [-0.25, -0.2) is 9.59 Å². The lowest BCUT2D eigenvalue weighted by molar-refractivity contribution is -0.149. The normalized spacial score (nSPS) is 11.6. The first-order valence-corrected chi connectivity index (χ1v) is 6.92. The Morgan fingerprint density at radius 3 is 2.27 bits per heavy atom. The zero-order valence-corrected chi connectivity index (χ0v) is 12.9. The summed E-state index contributed by atoms with van der Waals surface area (Å²) in [5, 5.41) is 2.19. The molecule has 0 fully saturated rings. The standard InChI is InChI=1S/C15H21N3O4/c1-10(2)18(12-7-5-4-6-8-12)13(19)9-22-14(20)11(3)17-15(16)21/h4-8,10-11H,9H2,1-3H3,(H3,16,17,21)/t11-/m0/s1. The largest absolute Gasteiger partial charge is 0.454 e. The molecule has 0 bridgehead atoms. The molecule has 7 heteroatoms. The fourth-order valence-corrected chi connectivity index (χ4v) is 1.92. The van der Waals surface area contributed by atoms with E-state index in [2.05, 4.69) is 5.32 Å². The zero-order valence-electron chi connectivity index (χ0n) is 12.9. The molecular weight excluding hydrogens is 286 g/mol. The molecule has 0 radical (unpaired) electrons. The smallest absolute Gasteiger partial charge is 0.328 e. The molecule has 22 heavy (non-hydrogen) atoms. The number of hydrogen-bond acceptors (Lipinski definition) is 4. The van der Waals surface area contributed by atoms with E-state index in [-0.39, 0.29) is 11.9 Å². The lowest BCUT2D eigenvalue weighted by atomic mass is 10.2. The minimum Gasteiger partial charge on any atom is -0.454 e. The average Bonchev–Trinajstić information content (AvgIpc) is 2.44. The number of esters is 1. The summed E-state index contributed by atoms with van der Waals surface area (Å²) in [6.45, 7) is 4.75. The van der Waals surface area contributed by atoms with E-state index < -0.39 is 24.6 Å². The van der Waals surface area contributed by atoms with Crippen molar-refractivity contribution in [2.75, 3.05) is 11.5 Å². The van der Waals surface area contributed by atoms with Crippen molar-refractivity contribution in [3.8, 4) is 0 Å². The predicted molar refractivity (Wildman–Crippen MR) is 82.2 cm³/mol. The molecule has 0 aliphatic carbocycles.